The Balaban J connectivity index is 3.98. The maximum Gasteiger partial charge on any atom is 0.135 e. The Hall–Kier alpha value is -1.18. The summed E-state index contributed by atoms with van der Waals surface area (Å²) in [5.74, 6) is 4.61. The summed E-state index contributed by atoms with van der Waals surface area (Å²) in [4.78, 5) is 0. The largest absolute Gasteiger partial charge is 0.376 e. The molecule has 0 spiro atoms. The van der Waals surface area contributed by atoms with Gasteiger partial charge in [-0.3, -0.25) is 0 Å². The van der Waals surface area contributed by atoms with E-state index in [0.29, 0.717) is 6.42 Å². The van der Waals surface area contributed by atoms with Crippen molar-refractivity contribution >= 4 is 0 Å². The molecular formula is C9H10O. The SMILES string of the molecule is C#CCC=C(C)C(O)C#C. The molecule has 0 heterocycles. The molecule has 0 aromatic rings. The van der Waals surface area contributed by atoms with E-state index in [0.717, 1.165) is 5.57 Å². The third kappa shape index (κ3) is 2.97. The van der Waals surface area contributed by atoms with Gasteiger partial charge in [-0.2, -0.15) is 0 Å². The third-order valence-electron chi connectivity index (χ3n) is 1.13. The minimum atomic E-state index is -0.784. The highest BCUT2D eigenvalue weighted by Crippen LogP contribution is 2.00. The number of terminal acetylenes is 2. The van der Waals surface area contributed by atoms with Crippen LogP contribution in [-0.2, 0) is 0 Å². The monoisotopic (exact) mass is 134 g/mol. The van der Waals surface area contributed by atoms with Crippen molar-refractivity contribution in [2.75, 3.05) is 0 Å². The summed E-state index contributed by atoms with van der Waals surface area (Å²) in [6, 6.07) is 0. The van der Waals surface area contributed by atoms with Gasteiger partial charge in [0.25, 0.3) is 0 Å². The van der Waals surface area contributed by atoms with Crippen LogP contribution in [0.15, 0.2) is 11.6 Å². The van der Waals surface area contributed by atoms with Gasteiger partial charge in [-0.15, -0.1) is 18.8 Å². The summed E-state index contributed by atoms with van der Waals surface area (Å²) in [5.41, 5.74) is 0.737. The maximum atomic E-state index is 8.98. The standard InChI is InChI=1S/C9H10O/c1-4-6-7-8(3)9(10)5-2/h1-2,7,9-10H,6H2,3H3. The molecule has 0 rings (SSSR count). The average molecular weight is 134 g/mol. The molecule has 0 amide bonds. The first-order chi connectivity index (χ1) is 4.72. The molecule has 0 aliphatic rings. The first kappa shape index (κ1) is 8.82. The predicted octanol–water partition coefficient (Wildman–Crippen LogP) is 0.950. The molecule has 0 fully saturated rings. The van der Waals surface area contributed by atoms with Crippen molar-refractivity contribution in [1.29, 1.82) is 0 Å². The molecule has 52 valence electrons. The number of rotatable bonds is 2. The lowest BCUT2D eigenvalue weighted by Crippen LogP contribution is -2.03. The van der Waals surface area contributed by atoms with E-state index in [4.69, 9.17) is 18.0 Å². The highest BCUT2D eigenvalue weighted by molar-refractivity contribution is 5.17. The number of hydrogen-bond donors (Lipinski definition) is 1. The van der Waals surface area contributed by atoms with Crippen LogP contribution in [0.5, 0.6) is 0 Å². The summed E-state index contributed by atoms with van der Waals surface area (Å²) < 4.78 is 0. The molecule has 0 bridgehead atoms. The molecule has 0 saturated carbocycles. The fourth-order valence-corrected chi connectivity index (χ4v) is 0.463. The Morgan fingerprint density at radius 3 is 2.70 bits per heavy atom. The molecule has 1 atom stereocenters. The first-order valence-corrected chi connectivity index (χ1v) is 2.96. The van der Waals surface area contributed by atoms with Crippen LogP contribution in [0.2, 0.25) is 0 Å². The van der Waals surface area contributed by atoms with E-state index >= 15 is 0 Å². The zero-order chi connectivity index (χ0) is 7.98. The van der Waals surface area contributed by atoms with Crippen LogP contribution in [0.4, 0.5) is 0 Å². The molecule has 0 saturated heterocycles. The molecule has 1 N–H and O–H groups in total. The van der Waals surface area contributed by atoms with Gasteiger partial charge in [0.05, 0.1) is 0 Å². The second-order valence-corrected chi connectivity index (χ2v) is 1.93. The molecule has 0 aromatic heterocycles. The second-order valence-electron chi connectivity index (χ2n) is 1.93. The predicted molar refractivity (Wildman–Crippen MR) is 42.0 cm³/mol. The van der Waals surface area contributed by atoms with E-state index in [-0.39, 0.29) is 0 Å². The van der Waals surface area contributed by atoms with Crippen LogP contribution in [0.25, 0.3) is 0 Å². The van der Waals surface area contributed by atoms with E-state index in [2.05, 4.69) is 11.8 Å². The lowest BCUT2D eigenvalue weighted by Gasteiger charge is -2.00. The van der Waals surface area contributed by atoms with Gasteiger partial charge in [0, 0.05) is 6.42 Å². The quantitative estimate of drug-likeness (QED) is 0.440. The smallest absolute Gasteiger partial charge is 0.135 e. The van der Waals surface area contributed by atoms with Crippen LogP contribution in [0, 0.1) is 24.7 Å². The molecule has 1 heteroatoms. The van der Waals surface area contributed by atoms with Crippen molar-refractivity contribution in [3.63, 3.8) is 0 Å². The number of allylic oxidation sites excluding steroid dienone is 1. The minimum absolute atomic E-state index is 0.518. The van der Waals surface area contributed by atoms with Gasteiger partial charge >= 0.3 is 0 Å². The van der Waals surface area contributed by atoms with Gasteiger partial charge in [-0.1, -0.05) is 12.0 Å². The van der Waals surface area contributed by atoms with Crippen molar-refractivity contribution in [1.82, 2.24) is 0 Å². The fourth-order valence-electron chi connectivity index (χ4n) is 0.463. The molecule has 1 nitrogen and oxygen atoms in total. The summed E-state index contributed by atoms with van der Waals surface area (Å²) in [6.07, 6.45) is 11.4. The Morgan fingerprint density at radius 2 is 2.30 bits per heavy atom. The van der Waals surface area contributed by atoms with Crippen LogP contribution in [0.1, 0.15) is 13.3 Å². The highest BCUT2D eigenvalue weighted by Gasteiger charge is 1.98. The lowest BCUT2D eigenvalue weighted by atomic mass is 10.1. The second kappa shape index (κ2) is 4.68. The number of hydrogen-bond acceptors (Lipinski definition) is 1. The van der Waals surface area contributed by atoms with Crippen LogP contribution < -0.4 is 0 Å². The van der Waals surface area contributed by atoms with Gasteiger partial charge in [0.2, 0.25) is 0 Å². The minimum Gasteiger partial charge on any atom is -0.376 e. The van der Waals surface area contributed by atoms with Crippen LogP contribution >= 0.6 is 0 Å². The zero-order valence-corrected chi connectivity index (χ0v) is 5.96. The van der Waals surface area contributed by atoms with Gasteiger partial charge in [0.15, 0.2) is 0 Å². The Kier molecular flexibility index (Phi) is 4.12. The van der Waals surface area contributed by atoms with Gasteiger partial charge in [-0.05, 0) is 12.5 Å². The van der Waals surface area contributed by atoms with Crippen molar-refractivity contribution in [3.05, 3.63) is 11.6 Å². The van der Waals surface area contributed by atoms with Crippen molar-refractivity contribution in [3.8, 4) is 24.7 Å². The van der Waals surface area contributed by atoms with E-state index in [1.165, 1.54) is 0 Å². The molecule has 10 heavy (non-hydrogen) atoms. The highest BCUT2D eigenvalue weighted by atomic mass is 16.3. The Morgan fingerprint density at radius 1 is 1.70 bits per heavy atom. The Bertz CT molecular complexity index is 200. The molecule has 0 aromatic carbocycles. The van der Waals surface area contributed by atoms with Crippen molar-refractivity contribution < 1.29 is 5.11 Å². The topological polar surface area (TPSA) is 20.2 Å². The van der Waals surface area contributed by atoms with Gasteiger partial charge < -0.3 is 5.11 Å². The molecule has 0 aliphatic heterocycles. The molecule has 1 unspecified atom stereocenters. The zero-order valence-electron chi connectivity index (χ0n) is 5.96. The molecular weight excluding hydrogens is 124 g/mol. The summed E-state index contributed by atoms with van der Waals surface area (Å²) in [6.45, 7) is 1.75. The van der Waals surface area contributed by atoms with Crippen LogP contribution in [0.3, 0.4) is 0 Å². The summed E-state index contributed by atoms with van der Waals surface area (Å²) >= 11 is 0. The van der Waals surface area contributed by atoms with E-state index < -0.39 is 6.10 Å². The van der Waals surface area contributed by atoms with E-state index in [1.807, 2.05) is 0 Å². The van der Waals surface area contributed by atoms with Crippen molar-refractivity contribution in [2.45, 2.75) is 19.4 Å². The van der Waals surface area contributed by atoms with E-state index in [1.54, 1.807) is 13.0 Å². The third-order valence-corrected chi connectivity index (χ3v) is 1.13. The van der Waals surface area contributed by atoms with Crippen LogP contribution in [-0.4, -0.2) is 11.2 Å². The Labute approximate surface area is 61.8 Å². The van der Waals surface area contributed by atoms with Gasteiger partial charge in [-0.25, -0.2) is 0 Å². The fraction of sp³-hybridized carbons (Fsp3) is 0.333. The lowest BCUT2D eigenvalue weighted by molar-refractivity contribution is 0.268. The normalized spacial score (nSPS) is 13.4. The average Bonchev–Trinajstić information content (AvgIpc) is 1.98. The maximum absolute atomic E-state index is 8.98. The number of aliphatic hydroxyl groups excluding tert-OH is 1. The first-order valence-electron chi connectivity index (χ1n) is 2.96. The van der Waals surface area contributed by atoms with Gasteiger partial charge in [0.1, 0.15) is 6.10 Å². The van der Waals surface area contributed by atoms with E-state index in [9.17, 15) is 0 Å². The molecule has 0 aliphatic carbocycles. The molecule has 0 radical (unpaired) electrons. The summed E-state index contributed by atoms with van der Waals surface area (Å²) in [5, 5.41) is 8.98. The van der Waals surface area contributed by atoms with Crippen molar-refractivity contribution in [2.24, 2.45) is 0 Å². The summed E-state index contributed by atoms with van der Waals surface area (Å²) in [7, 11) is 0. The number of aliphatic hydroxyl groups is 1.